The summed E-state index contributed by atoms with van der Waals surface area (Å²) >= 11 is 0. The van der Waals surface area contributed by atoms with Crippen LogP contribution in [0.4, 0.5) is 0 Å². The number of nitrogens with zero attached hydrogens (tertiary/aromatic N) is 1. The van der Waals surface area contributed by atoms with Crippen molar-refractivity contribution in [2.45, 2.75) is 0 Å². The third kappa shape index (κ3) is 84.5. The molecule has 0 aliphatic rings. The Labute approximate surface area is 104 Å². The third-order valence-electron chi connectivity index (χ3n) is 0. The molecule has 0 aromatic heterocycles. The van der Waals surface area contributed by atoms with Crippen molar-refractivity contribution in [3.8, 4) is 0 Å². The van der Waals surface area contributed by atoms with E-state index in [4.69, 9.17) is 15.3 Å². The summed E-state index contributed by atoms with van der Waals surface area (Å²) in [5.41, 5.74) is 0. The second-order valence-corrected chi connectivity index (χ2v) is 0.238. The standard InChI is InChI=1S/Be.HI.K.HNO3/c;;;2-1(3)4/h;1H;;(H,2,3,4)/q+2;;+1;. The summed E-state index contributed by atoms with van der Waals surface area (Å²) in [6.45, 7) is 0. The molecule has 0 heterocycles. The summed E-state index contributed by atoms with van der Waals surface area (Å²) < 4.78 is 0. The fraction of sp³-hybridized carbons (Fsp3) is 0. The Morgan fingerprint density at radius 1 is 1.57 bits per heavy atom. The van der Waals surface area contributed by atoms with Gasteiger partial charge in [-0.15, -0.1) is 34.1 Å². The molecule has 0 aromatic carbocycles. The van der Waals surface area contributed by atoms with Crippen LogP contribution in [0.2, 0.25) is 0 Å². The average molecular weight is 239 g/mol. The van der Waals surface area contributed by atoms with E-state index in [1.54, 1.807) is 0 Å². The predicted octanol–water partition coefficient (Wildman–Crippen LogP) is -3.11. The van der Waals surface area contributed by atoms with Crippen LogP contribution in [0, 0.1) is 10.1 Å². The monoisotopic (exact) mass is 239 g/mol. The van der Waals surface area contributed by atoms with Gasteiger partial charge in [0.1, 0.15) is 0 Å². The van der Waals surface area contributed by atoms with E-state index in [-0.39, 0.29) is 85.5 Å². The van der Waals surface area contributed by atoms with Gasteiger partial charge in [0, 0.05) is 0 Å². The SMILES string of the molecule is I.O=[N+]([O-])O.[Be+2].[K+]. The Morgan fingerprint density at radius 3 is 1.57 bits per heavy atom. The van der Waals surface area contributed by atoms with Crippen molar-refractivity contribution in [2.24, 2.45) is 0 Å². The zero-order valence-corrected chi connectivity index (χ0v) is 9.28. The maximum Gasteiger partial charge on any atom is 2.00 e. The molecule has 0 saturated heterocycles. The molecule has 0 saturated carbocycles. The molecule has 0 aromatic rings. The fourth-order valence-corrected chi connectivity index (χ4v) is 0. The number of rotatable bonds is 0. The van der Waals surface area contributed by atoms with Gasteiger partial charge in [0.2, 0.25) is 0 Å². The first-order valence-corrected chi connectivity index (χ1v) is 0.565. The number of hydrogen-bond acceptors (Lipinski definition) is 2. The van der Waals surface area contributed by atoms with Gasteiger partial charge < -0.3 is 5.21 Å². The number of halogens is 1. The molecule has 0 bridgehead atoms. The Balaban J connectivity index is -0.0000000150. The molecule has 1 N–H and O–H groups in total. The second kappa shape index (κ2) is 15.6. The molecule has 0 radical (unpaired) electrons. The van der Waals surface area contributed by atoms with Crippen LogP contribution in [0.1, 0.15) is 0 Å². The third-order valence-corrected chi connectivity index (χ3v) is 0. The minimum absolute atomic E-state index is 0. The molecule has 0 amide bonds. The zero-order valence-electron chi connectivity index (χ0n) is 3.83. The van der Waals surface area contributed by atoms with E-state index < -0.39 is 5.09 Å². The van der Waals surface area contributed by atoms with Crippen LogP contribution < -0.4 is 51.4 Å². The Kier molecular flexibility index (Phi) is 52.1. The molecule has 0 spiro atoms. The van der Waals surface area contributed by atoms with Gasteiger partial charge in [-0.05, 0) is 0 Å². The van der Waals surface area contributed by atoms with Crippen molar-refractivity contribution in [3.63, 3.8) is 0 Å². The van der Waals surface area contributed by atoms with Crippen LogP contribution >= 0.6 is 24.0 Å². The van der Waals surface area contributed by atoms with Gasteiger partial charge in [-0.3, -0.25) is 0 Å². The molecule has 0 unspecified atom stereocenters. The van der Waals surface area contributed by atoms with Crippen molar-refractivity contribution in [1.82, 2.24) is 0 Å². The van der Waals surface area contributed by atoms with Crippen LogP contribution in [0.15, 0.2) is 0 Å². The molecule has 7 heavy (non-hydrogen) atoms. The Hall–Kier alpha value is 1.74. The normalized spacial score (nSPS) is 3.43. The van der Waals surface area contributed by atoms with Crippen LogP contribution in [0.3, 0.4) is 0 Å². The predicted molar refractivity (Wildman–Crippen MR) is 29.9 cm³/mol. The Bertz CT molecular complexity index is 37.9. The molecular formula is H2BeIKNO3+3. The van der Waals surface area contributed by atoms with E-state index in [0.717, 1.165) is 0 Å². The Morgan fingerprint density at radius 2 is 1.57 bits per heavy atom. The number of hydrogen-bond donors (Lipinski definition) is 1. The average Bonchev–Trinajstić information content (AvgIpc) is 0.811. The van der Waals surface area contributed by atoms with Crippen LogP contribution in [0.25, 0.3) is 0 Å². The molecule has 7 heteroatoms. The summed E-state index contributed by atoms with van der Waals surface area (Å²) in [6, 6.07) is 0. The molecule has 4 nitrogen and oxygen atoms in total. The van der Waals surface area contributed by atoms with Crippen molar-refractivity contribution < 1.29 is 61.7 Å². The van der Waals surface area contributed by atoms with Crippen molar-refractivity contribution in [3.05, 3.63) is 10.1 Å². The first-order chi connectivity index (χ1) is 1.73. The van der Waals surface area contributed by atoms with Gasteiger partial charge in [0.25, 0.3) is 5.09 Å². The van der Waals surface area contributed by atoms with Crippen molar-refractivity contribution in [2.75, 3.05) is 0 Å². The first kappa shape index (κ1) is 23.3. The zero-order chi connectivity index (χ0) is 3.58. The van der Waals surface area contributed by atoms with Gasteiger partial charge >= 0.3 is 61.5 Å². The quantitative estimate of drug-likeness (QED) is 0.211. The maximum atomic E-state index is 8.36. The summed E-state index contributed by atoms with van der Waals surface area (Å²) in [5, 5.41) is 13.6. The van der Waals surface area contributed by atoms with Gasteiger partial charge in [-0.1, -0.05) is 0 Å². The molecular weight excluding hydrogens is 237 g/mol. The molecule has 0 fully saturated rings. The van der Waals surface area contributed by atoms with E-state index in [1.165, 1.54) is 0 Å². The minimum atomic E-state index is -1.50. The first-order valence-electron chi connectivity index (χ1n) is 0.565. The van der Waals surface area contributed by atoms with Crippen molar-refractivity contribution in [1.29, 1.82) is 0 Å². The summed E-state index contributed by atoms with van der Waals surface area (Å²) in [5.74, 6) is 0. The van der Waals surface area contributed by atoms with E-state index in [2.05, 4.69) is 0 Å². The van der Waals surface area contributed by atoms with E-state index in [9.17, 15) is 0 Å². The van der Waals surface area contributed by atoms with Crippen LogP contribution in [-0.4, -0.2) is 20.4 Å². The summed E-state index contributed by atoms with van der Waals surface area (Å²) in [6.07, 6.45) is 0. The minimum Gasteiger partial charge on any atom is -0.328 e. The summed E-state index contributed by atoms with van der Waals surface area (Å²) in [4.78, 5) is 8.36. The van der Waals surface area contributed by atoms with Crippen LogP contribution in [0.5, 0.6) is 0 Å². The molecule has 0 atom stereocenters. The molecule has 0 aliphatic carbocycles. The topological polar surface area (TPSA) is 63.4 Å². The molecule has 0 rings (SSSR count). The summed E-state index contributed by atoms with van der Waals surface area (Å²) in [7, 11) is 0. The smallest absolute Gasteiger partial charge is 0.328 e. The fourth-order valence-electron chi connectivity index (χ4n) is 0. The van der Waals surface area contributed by atoms with Gasteiger partial charge in [-0.25, -0.2) is 0 Å². The maximum absolute atomic E-state index is 8.36. The van der Waals surface area contributed by atoms with Crippen LogP contribution in [-0.2, 0) is 0 Å². The van der Waals surface area contributed by atoms with Gasteiger partial charge in [-0.2, -0.15) is 0 Å². The van der Waals surface area contributed by atoms with E-state index >= 15 is 0 Å². The largest absolute Gasteiger partial charge is 2.00 e. The molecule has 0 aliphatic heterocycles. The van der Waals surface area contributed by atoms with Crippen molar-refractivity contribution >= 4 is 34.1 Å². The molecule has 32 valence electrons. The van der Waals surface area contributed by atoms with E-state index in [1.807, 2.05) is 0 Å². The van der Waals surface area contributed by atoms with E-state index in [0.29, 0.717) is 0 Å². The van der Waals surface area contributed by atoms with Gasteiger partial charge in [0.15, 0.2) is 0 Å². The second-order valence-electron chi connectivity index (χ2n) is 0.238. The van der Waals surface area contributed by atoms with Gasteiger partial charge in [0.05, 0.1) is 0 Å².